The first kappa shape index (κ1) is 16.9. The molecule has 2 fully saturated rings. The predicted octanol–water partition coefficient (Wildman–Crippen LogP) is 2.56. The second kappa shape index (κ2) is 8.22. The van der Waals surface area contributed by atoms with E-state index in [4.69, 9.17) is 4.74 Å². The van der Waals surface area contributed by atoms with Crippen LogP contribution in [0, 0.1) is 0 Å². The molecule has 0 bridgehead atoms. The smallest absolute Gasteiger partial charge is 0.255 e. The molecule has 3 heterocycles. The van der Waals surface area contributed by atoms with Gasteiger partial charge in [0.25, 0.3) is 5.91 Å². The number of ether oxygens (including phenoxy) is 1. The Morgan fingerprint density at radius 1 is 1.30 bits per heavy atom. The Hall–Kier alpha value is -0.980. The maximum absolute atomic E-state index is 13.0. The van der Waals surface area contributed by atoms with Gasteiger partial charge < -0.3 is 14.5 Å². The topological polar surface area (TPSA) is 45.7 Å². The highest BCUT2D eigenvalue weighted by Gasteiger charge is 2.27. The lowest BCUT2D eigenvalue weighted by Crippen LogP contribution is -2.46. The number of aromatic nitrogens is 1. The summed E-state index contributed by atoms with van der Waals surface area (Å²) in [6, 6.07) is 2.13. The van der Waals surface area contributed by atoms with Crippen molar-refractivity contribution >= 4 is 21.8 Å². The van der Waals surface area contributed by atoms with Crippen molar-refractivity contribution in [3.05, 3.63) is 28.5 Å². The minimum atomic E-state index is 0.0879. The average Bonchev–Trinajstić information content (AvgIpc) is 3.09. The fraction of sp³-hybridized carbons (Fsp3) is 0.647. The summed E-state index contributed by atoms with van der Waals surface area (Å²) in [7, 11) is 0. The van der Waals surface area contributed by atoms with Crippen LogP contribution >= 0.6 is 15.9 Å². The van der Waals surface area contributed by atoms with Gasteiger partial charge >= 0.3 is 0 Å². The van der Waals surface area contributed by atoms with Gasteiger partial charge in [0.2, 0.25) is 0 Å². The van der Waals surface area contributed by atoms with Crippen molar-refractivity contribution in [1.82, 2.24) is 14.8 Å². The van der Waals surface area contributed by atoms with Crippen molar-refractivity contribution in [2.24, 2.45) is 0 Å². The number of halogens is 1. The summed E-state index contributed by atoms with van der Waals surface area (Å²) in [4.78, 5) is 21.7. The van der Waals surface area contributed by atoms with E-state index in [1.54, 1.807) is 12.4 Å². The first-order valence-electron chi connectivity index (χ1n) is 8.45. The number of rotatable bonds is 5. The van der Waals surface area contributed by atoms with E-state index in [2.05, 4.69) is 25.8 Å². The largest absolute Gasteiger partial charge is 0.381 e. The van der Waals surface area contributed by atoms with Crippen LogP contribution in [0.4, 0.5) is 0 Å². The summed E-state index contributed by atoms with van der Waals surface area (Å²) in [5, 5.41) is 0. The third-order valence-electron chi connectivity index (χ3n) is 4.70. The number of hydrogen-bond acceptors (Lipinski definition) is 4. The molecule has 126 valence electrons. The molecule has 1 amide bonds. The first-order valence-corrected chi connectivity index (χ1v) is 9.25. The van der Waals surface area contributed by atoms with Gasteiger partial charge in [-0.05, 0) is 60.8 Å². The van der Waals surface area contributed by atoms with Crippen LogP contribution in [-0.2, 0) is 4.74 Å². The van der Waals surface area contributed by atoms with Gasteiger partial charge in [-0.25, -0.2) is 0 Å². The molecule has 0 radical (unpaired) electrons. The molecule has 5 nitrogen and oxygen atoms in total. The standard InChI is InChI=1S/C17H24BrN3O2/c18-15-11-14(12-19-13-15)17(22)21(16-3-9-23-10-4-16)8-7-20-5-1-2-6-20/h11-13,16H,1-10H2. The van der Waals surface area contributed by atoms with Crippen molar-refractivity contribution < 1.29 is 9.53 Å². The molecule has 2 aliphatic heterocycles. The van der Waals surface area contributed by atoms with E-state index in [0.717, 1.165) is 56.7 Å². The molecule has 0 aromatic carbocycles. The second-order valence-corrected chi connectivity index (χ2v) is 7.20. The molecule has 1 aromatic rings. The van der Waals surface area contributed by atoms with E-state index < -0.39 is 0 Å². The van der Waals surface area contributed by atoms with E-state index in [9.17, 15) is 4.79 Å². The Balaban J connectivity index is 1.71. The number of carbonyl (C=O) groups excluding carboxylic acids is 1. The van der Waals surface area contributed by atoms with Crippen LogP contribution in [-0.4, -0.2) is 66.1 Å². The Morgan fingerprint density at radius 3 is 2.74 bits per heavy atom. The van der Waals surface area contributed by atoms with Gasteiger partial charge in [-0.2, -0.15) is 0 Å². The fourth-order valence-corrected chi connectivity index (χ4v) is 3.76. The summed E-state index contributed by atoms with van der Waals surface area (Å²) in [5.74, 6) is 0.0879. The monoisotopic (exact) mass is 381 g/mol. The number of amides is 1. The normalized spacial score (nSPS) is 19.9. The van der Waals surface area contributed by atoms with Crippen molar-refractivity contribution in [2.75, 3.05) is 39.4 Å². The number of nitrogens with zero attached hydrogens (tertiary/aromatic N) is 3. The van der Waals surface area contributed by atoms with Crippen molar-refractivity contribution in [1.29, 1.82) is 0 Å². The number of likely N-dealkylation sites (tertiary alicyclic amines) is 1. The van der Waals surface area contributed by atoms with Crippen LogP contribution in [0.2, 0.25) is 0 Å². The Bertz CT molecular complexity index is 528. The molecule has 0 aliphatic carbocycles. The molecule has 3 rings (SSSR count). The molecule has 23 heavy (non-hydrogen) atoms. The highest BCUT2D eigenvalue weighted by atomic mass is 79.9. The maximum Gasteiger partial charge on any atom is 0.255 e. The van der Waals surface area contributed by atoms with E-state index in [0.29, 0.717) is 5.56 Å². The SMILES string of the molecule is O=C(c1cncc(Br)c1)N(CCN1CCCC1)C1CCOCC1. The zero-order valence-corrected chi connectivity index (χ0v) is 15.0. The van der Waals surface area contributed by atoms with Gasteiger partial charge in [-0.1, -0.05) is 0 Å². The Labute approximate surface area is 146 Å². The lowest BCUT2D eigenvalue weighted by Gasteiger charge is -2.35. The van der Waals surface area contributed by atoms with Crippen molar-refractivity contribution in [3.63, 3.8) is 0 Å². The summed E-state index contributed by atoms with van der Waals surface area (Å²) in [6.45, 7) is 5.56. The molecular formula is C17H24BrN3O2. The van der Waals surface area contributed by atoms with Crippen molar-refractivity contribution in [2.45, 2.75) is 31.7 Å². The number of carbonyl (C=O) groups is 1. The predicted molar refractivity (Wildman–Crippen MR) is 92.5 cm³/mol. The van der Waals surface area contributed by atoms with Gasteiger partial charge in [0.05, 0.1) is 5.56 Å². The molecule has 1 aromatic heterocycles. The van der Waals surface area contributed by atoms with Gasteiger partial charge in [0.15, 0.2) is 0 Å². The molecule has 6 heteroatoms. The minimum Gasteiger partial charge on any atom is -0.381 e. The summed E-state index contributed by atoms with van der Waals surface area (Å²) in [6.07, 6.45) is 7.77. The molecule has 0 saturated carbocycles. The first-order chi connectivity index (χ1) is 11.2. The van der Waals surface area contributed by atoms with Crippen molar-refractivity contribution in [3.8, 4) is 0 Å². The number of hydrogen-bond donors (Lipinski definition) is 0. The Morgan fingerprint density at radius 2 is 2.04 bits per heavy atom. The zero-order chi connectivity index (χ0) is 16.1. The minimum absolute atomic E-state index is 0.0879. The third kappa shape index (κ3) is 4.52. The van der Waals surface area contributed by atoms with Crippen LogP contribution in [0.15, 0.2) is 22.9 Å². The summed E-state index contributed by atoms with van der Waals surface area (Å²) in [5.41, 5.74) is 0.660. The molecule has 0 N–H and O–H groups in total. The lowest BCUT2D eigenvalue weighted by atomic mass is 10.1. The van der Waals surface area contributed by atoms with E-state index in [1.165, 1.54) is 12.8 Å². The van der Waals surface area contributed by atoms with Crippen LogP contribution in [0.25, 0.3) is 0 Å². The summed E-state index contributed by atoms with van der Waals surface area (Å²) >= 11 is 3.41. The van der Waals surface area contributed by atoms with Gasteiger partial charge in [-0.3, -0.25) is 9.78 Å². The maximum atomic E-state index is 13.0. The number of pyridine rings is 1. The molecule has 2 aliphatic rings. The van der Waals surface area contributed by atoms with Gasteiger partial charge in [-0.15, -0.1) is 0 Å². The van der Waals surface area contributed by atoms with Crippen LogP contribution in [0.3, 0.4) is 0 Å². The molecule has 0 spiro atoms. The van der Waals surface area contributed by atoms with Gasteiger partial charge in [0, 0.05) is 49.2 Å². The van der Waals surface area contributed by atoms with E-state index in [1.807, 2.05) is 11.0 Å². The second-order valence-electron chi connectivity index (χ2n) is 6.28. The highest BCUT2D eigenvalue weighted by molar-refractivity contribution is 9.10. The zero-order valence-electron chi connectivity index (χ0n) is 13.4. The average molecular weight is 382 g/mol. The third-order valence-corrected chi connectivity index (χ3v) is 5.13. The summed E-state index contributed by atoms with van der Waals surface area (Å²) < 4.78 is 6.31. The highest BCUT2D eigenvalue weighted by Crippen LogP contribution is 2.19. The quantitative estimate of drug-likeness (QED) is 0.785. The molecule has 0 atom stereocenters. The van der Waals surface area contributed by atoms with Gasteiger partial charge in [0.1, 0.15) is 0 Å². The molecule has 0 unspecified atom stereocenters. The Kier molecular flexibility index (Phi) is 6.02. The van der Waals surface area contributed by atoms with Crippen LogP contribution in [0.1, 0.15) is 36.0 Å². The lowest BCUT2D eigenvalue weighted by molar-refractivity contribution is 0.0270. The van der Waals surface area contributed by atoms with E-state index in [-0.39, 0.29) is 11.9 Å². The van der Waals surface area contributed by atoms with Crippen LogP contribution in [0.5, 0.6) is 0 Å². The van der Waals surface area contributed by atoms with Crippen LogP contribution < -0.4 is 0 Å². The fourth-order valence-electron chi connectivity index (χ4n) is 3.40. The molecular weight excluding hydrogens is 358 g/mol. The molecule has 2 saturated heterocycles. The van der Waals surface area contributed by atoms with E-state index >= 15 is 0 Å².